The smallest absolute Gasteiger partial charge is 0.347 e. The minimum atomic E-state index is -0.484. The van der Waals surface area contributed by atoms with Crippen LogP contribution in [-0.2, 0) is 7.05 Å². The van der Waals surface area contributed by atoms with Crippen LogP contribution in [0.15, 0.2) is 49.0 Å². The molecule has 104 valence electrons. The van der Waals surface area contributed by atoms with Crippen molar-refractivity contribution in [2.45, 2.75) is 6.92 Å². The summed E-state index contributed by atoms with van der Waals surface area (Å²) in [7, 11) is 1.69. The minimum Gasteiger partial charge on any atom is -0.463 e. The summed E-state index contributed by atoms with van der Waals surface area (Å²) in [5, 5.41) is 1.34. The molecule has 0 aliphatic heterocycles. The zero-order valence-corrected chi connectivity index (χ0v) is 11.5. The summed E-state index contributed by atoms with van der Waals surface area (Å²) in [5.41, 5.74) is 1.22. The molecule has 3 aromatic heterocycles. The van der Waals surface area contributed by atoms with Crippen molar-refractivity contribution in [1.82, 2.24) is 4.57 Å². The molecule has 3 heterocycles. The first kappa shape index (κ1) is 12.0. The van der Waals surface area contributed by atoms with Gasteiger partial charge in [0.2, 0.25) is 0 Å². The van der Waals surface area contributed by atoms with Crippen LogP contribution in [-0.4, -0.2) is 4.57 Å². The molecule has 21 heavy (non-hydrogen) atoms. The number of nitrogens with zero attached hydrogens (tertiary/aromatic N) is 1. The van der Waals surface area contributed by atoms with Gasteiger partial charge in [-0.05, 0) is 19.1 Å². The molecule has 0 aliphatic rings. The Bertz CT molecular complexity index is 1140. The number of para-hydroxylation sites is 1. The van der Waals surface area contributed by atoms with Gasteiger partial charge in [0.25, 0.3) is 5.56 Å². The normalized spacial score (nSPS) is 11.7. The Balaban J connectivity index is 2.49. The monoisotopic (exact) mass is 281 g/mol. The van der Waals surface area contributed by atoms with E-state index in [1.807, 2.05) is 24.3 Å². The third-order valence-corrected chi connectivity index (χ3v) is 3.86. The van der Waals surface area contributed by atoms with Crippen LogP contribution in [0.5, 0.6) is 0 Å². The summed E-state index contributed by atoms with van der Waals surface area (Å²) in [4.78, 5) is 24.8. The number of pyridine rings is 1. The lowest BCUT2D eigenvalue weighted by molar-refractivity contribution is 0.566. The van der Waals surface area contributed by atoms with Crippen LogP contribution >= 0.6 is 0 Å². The summed E-state index contributed by atoms with van der Waals surface area (Å²) in [6.45, 7) is 1.75. The fourth-order valence-corrected chi connectivity index (χ4v) is 2.80. The number of hydrogen-bond acceptors (Lipinski definition) is 4. The molecule has 0 aliphatic carbocycles. The highest BCUT2D eigenvalue weighted by Gasteiger charge is 2.19. The van der Waals surface area contributed by atoms with Crippen LogP contribution in [0.1, 0.15) is 5.56 Å². The van der Waals surface area contributed by atoms with E-state index in [4.69, 9.17) is 8.83 Å². The Morgan fingerprint density at radius 3 is 2.62 bits per heavy atom. The van der Waals surface area contributed by atoms with E-state index in [1.54, 1.807) is 14.0 Å². The fourth-order valence-electron chi connectivity index (χ4n) is 2.80. The van der Waals surface area contributed by atoms with Crippen LogP contribution in [0.25, 0.3) is 32.8 Å². The fraction of sp³-hybridized carbons (Fsp3) is 0.125. The summed E-state index contributed by atoms with van der Waals surface area (Å²) in [6.07, 6.45) is 1.47. The lowest BCUT2D eigenvalue weighted by atomic mass is 10.1. The van der Waals surface area contributed by atoms with Crippen molar-refractivity contribution in [3.8, 4) is 0 Å². The maximum Gasteiger partial charge on any atom is 0.347 e. The van der Waals surface area contributed by atoms with Crippen LogP contribution in [0.2, 0.25) is 0 Å². The highest BCUT2D eigenvalue weighted by Crippen LogP contribution is 2.28. The number of benzene rings is 1. The first-order chi connectivity index (χ1) is 10.1. The second-order valence-electron chi connectivity index (χ2n) is 5.10. The predicted octanol–water partition coefficient (Wildman–Crippen LogP) is 2.70. The van der Waals surface area contributed by atoms with Gasteiger partial charge in [-0.2, -0.15) is 0 Å². The van der Waals surface area contributed by atoms with Crippen molar-refractivity contribution >= 4 is 32.8 Å². The molecule has 5 heteroatoms. The minimum absolute atomic E-state index is 0.244. The first-order valence-corrected chi connectivity index (χ1v) is 6.52. The number of rotatable bonds is 0. The molecule has 0 spiro atoms. The van der Waals surface area contributed by atoms with Crippen molar-refractivity contribution < 1.29 is 8.83 Å². The third kappa shape index (κ3) is 1.40. The van der Waals surface area contributed by atoms with Gasteiger partial charge in [0.1, 0.15) is 10.8 Å². The van der Waals surface area contributed by atoms with E-state index in [1.165, 1.54) is 10.8 Å². The molecular weight excluding hydrogens is 270 g/mol. The van der Waals surface area contributed by atoms with Gasteiger partial charge in [0.05, 0.1) is 11.8 Å². The average Bonchev–Trinajstić information content (AvgIpc) is 2.87. The van der Waals surface area contributed by atoms with Gasteiger partial charge in [0, 0.05) is 18.0 Å². The van der Waals surface area contributed by atoms with Crippen molar-refractivity contribution in [3.05, 3.63) is 56.9 Å². The molecule has 0 radical (unpaired) electrons. The molecule has 0 bridgehead atoms. The second-order valence-corrected chi connectivity index (χ2v) is 5.10. The van der Waals surface area contributed by atoms with Crippen molar-refractivity contribution in [1.29, 1.82) is 0 Å². The number of hydrogen-bond donors (Lipinski definition) is 0. The van der Waals surface area contributed by atoms with Gasteiger partial charge in [-0.25, -0.2) is 4.79 Å². The van der Waals surface area contributed by atoms with E-state index >= 15 is 0 Å². The van der Waals surface area contributed by atoms with Crippen LogP contribution in [0, 0.1) is 6.92 Å². The lowest BCUT2D eigenvalue weighted by Gasteiger charge is -2.07. The molecule has 0 fully saturated rings. The van der Waals surface area contributed by atoms with E-state index < -0.39 is 5.63 Å². The van der Waals surface area contributed by atoms with E-state index in [2.05, 4.69) is 0 Å². The number of aromatic nitrogens is 1. The molecule has 0 amide bonds. The van der Waals surface area contributed by atoms with Gasteiger partial charge in [-0.3, -0.25) is 4.79 Å². The maximum atomic E-state index is 12.6. The van der Waals surface area contributed by atoms with E-state index in [0.717, 1.165) is 0 Å². The Labute approximate surface area is 118 Å². The van der Waals surface area contributed by atoms with Crippen LogP contribution in [0.3, 0.4) is 0 Å². The SMILES string of the molecule is Cc1coc2c1c(=O)oc1c3ccccc3n(C)c(=O)c21. The summed E-state index contributed by atoms with van der Waals surface area (Å²) >= 11 is 0. The van der Waals surface area contributed by atoms with Crippen molar-refractivity contribution in [3.63, 3.8) is 0 Å². The van der Waals surface area contributed by atoms with Crippen molar-refractivity contribution in [2.24, 2.45) is 7.05 Å². The number of furan rings is 1. The molecular formula is C16H11NO4. The van der Waals surface area contributed by atoms with Crippen molar-refractivity contribution in [2.75, 3.05) is 0 Å². The lowest BCUT2D eigenvalue weighted by Crippen LogP contribution is -2.18. The molecule has 1 aromatic carbocycles. The van der Waals surface area contributed by atoms with E-state index in [-0.39, 0.29) is 11.1 Å². The standard InChI is InChI=1S/C16H11NO4/c1-8-7-20-14-11(8)16(19)21-13-9-5-3-4-6-10(9)17(2)15(18)12(13)14/h3-7H,1-2H3. The number of aryl methyl sites for hydroxylation is 2. The molecule has 0 saturated heterocycles. The average molecular weight is 281 g/mol. The number of fused-ring (bicyclic) bond motifs is 5. The Kier molecular flexibility index (Phi) is 2.19. The molecule has 0 saturated carbocycles. The zero-order valence-electron chi connectivity index (χ0n) is 11.5. The largest absolute Gasteiger partial charge is 0.463 e. The summed E-state index contributed by atoms with van der Waals surface area (Å²) in [6, 6.07) is 7.31. The molecule has 0 N–H and O–H groups in total. The zero-order chi connectivity index (χ0) is 14.7. The van der Waals surface area contributed by atoms with Gasteiger partial charge in [-0.15, -0.1) is 0 Å². The summed E-state index contributed by atoms with van der Waals surface area (Å²) in [5.74, 6) is 0. The Morgan fingerprint density at radius 2 is 1.81 bits per heavy atom. The first-order valence-electron chi connectivity index (χ1n) is 6.52. The highest BCUT2D eigenvalue weighted by atomic mass is 16.4. The van der Waals surface area contributed by atoms with Gasteiger partial charge in [-0.1, -0.05) is 12.1 Å². The Hall–Kier alpha value is -2.82. The third-order valence-electron chi connectivity index (χ3n) is 3.86. The molecule has 4 aromatic rings. The molecule has 5 nitrogen and oxygen atoms in total. The van der Waals surface area contributed by atoms with Gasteiger partial charge >= 0.3 is 5.63 Å². The van der Waals surface area contributed by atoms with Crippen LogP contribution < -0.4 is 11.2 Å². The highest BCUT2D eigenvalue weighted by molar-refractivity contribution is 6.10. The van der Waals surface area contributed by atoms with Gasteiger partial charge < -0.3 is 13.4 Å². The maximum absolute atomic E-state index is 12.6. The molecule has 0 unspecified atom stereocenters. The van der Waals surface area contributed by atoms with Gasteiger partial charge in [0.15, 0.2) is 11.2 Å². The topological polar surface area (TPSA) is 65.3 Å². The molecule has 4 rings (SSSR count). The predicted molar refractivity (Wildman–Crippen MR) is 79.7 cm³/mol. The van der Waals surface area contributed by atoms with E-state index in [0.29, 0.717) is 32.8 Å². The van der Waals surface area contributed by atoms with E-state index in [9.17, 15) is 9.59 Å². The second kappa shape index (κ2) is 3.85. The Morgan fingerprint density at radius 1 is 1.05 bits per heavy atom. The summed E-state index contributed by atoms with van der Waals surface area (Å²) < 4.78 is 12.4. The quantitative estimate of drug-likeness (QED) is 0.465. The molecule has 0 atom stereocenters. The van der Waals surface area contributed by atoms with Crippen LogP contribution in [0.4, 0.5) is 0 Å².